The third-order valence-corrected chi connectivity index (χ3v) is 5.14. The van der Waals surface area contributed by atoms with Gasteiger partial charge in [0.15, 0.2) is 0 Å². The second-order valence-corrected chi connectivity index (χ2v) is 8.49. The highest BCUT2D eigenvalue weighted by Gasteiger charge is 2.06. The lowest BCUT2D eigenvalue weighted by Crippen LogP contribution is -2.05. The van der Waals surface area contributed by atoms with Gasteiger partial charge in [-0.3, -0.25) is 4.79 Å². The van der Waals surface area contributed by atoms with Crippen molar-refractivity contribution in [3.63, 3.8) is 0 Å². The van der Waals surface area contributed by atoms with Crippen LogP contribution in [-0.4, -0.2) is 18.5 Å². The van der Waals surface area contributed by atoms with Gasteiger partial charge in [-0.1, -0.05) is 78.2 Å². The van der Waals surface area contributed by atoms with Gasteiger partial charge in [0.1, 0.15) is 12.5 Å². The van der Waals surface area contributed by atoms with Crippen molar-refractivity contribution in [2.45, 2.75) is 92.4 Å². The highest BCUT2D eigenvalue weighted by atomic mass is 35.5. The van der Waals surface area contributed by atoms with Crippen LogP contribution in [0.1, 0.15) is 92.4 Å². The summed E-state index contributed by atoms with van der Waals surface area (Å²) in [5, 5.41) is 0. The first-order valence-electron chi connectivity index (χ1n) is 10.2. The van der Waals surface area contributed by atoms with E-state index in [0.29, 0.717) is 6.61 Å². The Labute approximate surface area is 161 Å². The van der Waals surface area contributed by atoms with E-state index in [2.05, 4.69) is 34.6 Å². The minimum atomic E-state index is -0.349. The van der Waals surface area contributed by atoms with Gasteiger partial charge in [0.25, 0.3) is 0 Å². The molecule has 2 atom stereocenters. The first-order chi connectivity index (χ1) is 11.8. The van der Waals surface area contributed by atoms with Crippen molar-refractivity contribution in [1.82, 2.24) is 0 Å². The third-order valence-electron chi connectivity index (χ3n) is 4.93. The summed E-state index contributed by atoms with van der Waals surface area (Å²) < 4.78 is 4.96. The SMILES string of the molecule is C/C(=C\COC(=O)CCl)CCC[C@H](C)CCC[C@H](C)CCCC(C)C. The van der Waals surface area contributed by atoms with E-state index in [4.69, 9.17) is 16.3 Å². The number of hydrogen-bond acceptors (Lipinski definition) is 2. The molecule has 0 aliphatic heterocycles. The molecule has 25 heavy (non-hydrogen) atoms. The number of esters is 1. The van der Waals surface area contributed by atoms with E-state index in [1.165, 1.54) is 56.9 Å². The van der Waals surface area contributed by atoms with Crippen molar-refractivity contribution >= 4 is 17.6 Å². The fourth-order valence-electron chi connectivity index (χ4n) is 3.12. The Morgan fingerprint density at radius 2 is 1.44 bits per heavy atom. The van der Waals surface area contributed by atoms with Crippen LogP contribution in [0.2, 0.25) is 0 Å². The van der Waals surface area contributed by atoms with E-state index in [1.54, 1.807) is 0 Å². The van der Waals surface area contributed by atoms with Crippen molar-refractivity contribution < 1.29 is 9.53 Å². The Morgan fingerprint density at radius 3 is 1.96 bits per heavy atom. The topological polar surface area (TPSA) is 26.3 Å². The number of alkyl halides is 1. The quantitative estimate of drug-likeness (QED) is 0.173. The summed E-state index contributed by atoms with van der Waals surface area (Å²) >= 11 is 5.39. The standard InChI is InChI=1S/C22H41ClO2/c1-18(2)9-6-10-19(3)11-7-12-20(4)13-8-14-21(5)15-16-25-22(24)17-23/h15,18-20H,6-14,16-17H2,1-5H3/b21-15+/t19-,20-/m1/s1. The number of carbonyl (C=O) groups is 1. The summed E-state index contributed by atoms with van der Waals surface area (Å²) in [6.07, 6.45) is 13.8. The van der Waals surface area contributed by atoms with Crippen LogP contribution >= 0.6 is 11.6 Å². The predicted molar refractivity (Wildman–Crippen MR) is 110 cm³/mol. The highest BCUT2D eigenvalue weighted by molar-refractivity contribution is 6.26. The molecule has 0 saturated heterocycles. The number of hydrogen-bond donors (Lipinski definition) is 0. The number of ether oxygens (including phenoxy) is 1. The molecule has 2 nitrogen and oxygen atoms in total. The fraction of sp³-hybridized carbons (Fsp3) is 0.864. The van der Waals surface area contributed by atoms with Crippen molar-refractivity contribution in [2.75, 3.05) is 12.5 Å². The lowest BCUT2D eigenvalue weighted by Gasteiger charge is -2.15. The number of rotatable bonds is 15. The van der Waals surface area contributed by atoms with Gasteiger partial charge in [0.2, 0.25) is 0 Å². The Balaban J connectivity index is 3.64. The molecule has 0 rings (SSSR count). The van der Waals surface area contributed by atoms with E-state index < -0.39 is 0 Å². The molecule has 0 spiro atoms. The Hall–Kier alpha value is -0.500. The second-order valence-electron chi connectivity index (χ2n) is 8.23. The smallest absolute Gasteiger partial charge is 0.321 e. The molecule has 0 aromatic rings. The number of halogens is 1. The maximum atomic E-state index is 10.9. The zero-order valence-corrected chi connectivity index (χ0v) is 18.0. The van der Waals surface area contributed by atoms with Gasteiger partial charge in [-0.25, -0.2) is 0 Å². The van der Waals surface area contributed by atoms with Crippen LogP contribution < -0.4 is 0 Å². The van der Waals surface area contributed by atoms with E-state index >= 15 is 0 Å². The van der Waals surface area contributed by atoms with Crippen LogP contribution in [0.4, 0.5) is 0 Å². The largest absolute Gasteiger partial charge is 0.461 e. The molecule has 0 aromatic heterocycles. The normalized spacial score (nSPS) is 14.6. The molecule has 0 saturated carbocycles. The van der Waals surface area contributed by atoms with Gasteiger partial charge in [0.05, 0.1) is 0 Å². The summed E-state index contributed by atoms with van der Waals surface area (Å²) in [7, 11) is 0. The minimum Gasteiger partial charge on any atom is -0.461 e. The molecule has 0 aliphatic carbocycles. The Morgan fingerprint density at radius 1 is 0.920 bits per heavy atom. The predicted octanol–water partition coefficient (Wildman–Crippen LogP) is 7.15. The molecule has 3 heteroatoms. The van der Waals surface area contributed by atoms with Crippen LogP contribution in [-0.2, 0) is 9.53 Å². The maximum absolute atomic E-state index is 10.9. The number of carbonyl (C=O) groups excluding carboxylic acids is 1. The van der Waals surface area contributed by atoms with Crippen molar-refractivity contribution in [2.24, 2.45) is 17.8 Å². The summed E-state index contributed by atoms with van der Waals surface area (Å²) in [5.74, 6) is 2.12. The summed E-state index contributed by atoms with van der Waals surface area (Å²) in [6.45, 7) is 11.9. The maximum Gasteiger partial charge on any atom is 0.321 e. The van der Waals surface area contributed by atoms with E-state index in [0.717, 1.165) is 24.2 Å². The molecule has 0 bridgehead atoms. The average molecular weight is 373 g/mol. The lowest BCUT2D eigenvalue weighted by molar-refractivity contribution is -0.139. The van der Waals surface area contributed by atoms with E-state index in [-0.39, 0.29) is 11.8 Å². The van der Waals surface area contributed by atoms with Gasteiger partial charge in [0, 0.05) is 0 Å². The molecular formula is C22H41ClO2. The second kappa shape index (κ2) is 15.7. The molecular weight excluding hydrogens is 332 g/mol. The Bertz CT molecular complexity index is 363. The van der Waals surface area contributed by atoms with Crippen LogP contribution in [0.5, 0.6) is 0 Å². The van der Waals surface area contributed by atoms with Crippen molar-refractivity contribution in [1.29, 1.82) is 0 Å². The summed E-state index contributed by atoms with van der Waals surface area (Å²) in [4.78, 5) is 10.9. The monoisotopic (exact) mass is 372 g/mol. The molecule has 0 aliphatic rings. The van der Waals surface area contributed by atoms with Crippen molar-refractivity contribution in [3.05, 3.63) is 11.6 Å². The zero-order valence-electron chi connectivity index (χ0n) is 17.3. The zero-order chi connectivity index (χ0) is 19.1. The first kappa shape index (κ1) is 24.5. The Kier molecular flexibility index (Phi) is 15.4. The van der Waals surface area contributed by atoms with E-state index in [9.17, 15) is 4.79 Å². The molecule has 0 amide bonds. The van der Waals surface area contributed by atoms with Crippen LogP contribution in [0, 0.1) is 17.8 Å². The van der Waals surface area contributed by atoms with Gasteiger partial charge < -0.3 is 4.74 Å². The molecule has 0 heterocycles. The third kappa shape index (κ3) is 16.7. The lowest BCUT2D eigenvalue weighted by atomic mass is 9.91. The summed E-state index contributed by atoms with van der Waals surface area (Å²) in [5.41, 5.74) is 1.30. The fourth-order valence-corrected chi connectivity index (χ4v) is 3.20. The van der Waals surface area contributed by atoms with Gasteiger partial charge in [-0.15, -0.1) is 11.6 Å². The van der Waals surface area contributed by atoms with Gasteiger partial charge >= 0.3 is 5.97 Å². The van der Waals surface area contributed by atoms with Crippen LogP contribution in [0.3, 0.4) is 0 Å². The first-order valence-corrected chi connectivity index (χ1v) is 10.8. The summed E-state index contributed by atoms with van der Waals surface area (Å²) in [6, 6.07) is 0. The van der Waals surface area contributed by atoms with Gasteiger partial charge in [-0.2, -0.15) is 0 Å². The van der Waals surface area contributed by atoms with Crippen LogP contribution in [0.15, 0.2) is 11.6 Å². The molecule has 0 radical (unpaired) electrons. The average Bonchev–Trinajstić information content (AvgIpc) is 2.54. The molecule has 0 N–H and O–H groups in total. The van der Waals surface area contributed by atoms with Gasteiger partial charge in [-0.05, 0) is 43.6 Å². The van der Waals surface area contributed by atoms with Crippen molar-refractivity contribution in [3.8, 4) is 0 Å². The van der Waals surface area contributed by atoms with E-state index in [1.807, 2.05) is 6.08 Å². The molecule has 0 aromatic carbocycles. The molecule has 0 unspecified atom stereocenters. The minimum absolute atomic E-state index is 0.0687. The van der Waals surface area contributed by atoms with Crippen LogP contribution in [0.25, 0.3) is 0 Å². The number of allylic oxidation sites excluding steroid dienone is 1. The molecule has 148 valence electrons. The highest BCUT2D eigenvalue weighted by Crippen LogP contribution is 2.22. The molecule has 0 fully saturated rings.